The fourth-order valence-electron chi connectivity index (χ4n) is 3.70. The molecule has 0 aliphatic heterocycles. The average molecular weight is 472 g/mol. The van der Waals surface area contributed by atoms with Gasteiger partial charge in [-0.05, 0) is 53.7 Å². The number of halogens is 1. The minimum atomic E-state index is -0.928. The van der Waals surface area contributed by atoms with Crippen molar-refractivity contribution in [3.8, 4) is 5.75 Å². The van der Waals surface area contributed by atoms with E-state index in [1.807, 2.05) is 6.07 Å². The van der Waals surface area contributed by atoms with Gasteiger partial charge < -0.3 is 25.8 Å². The van der Waals surface area contributed by atoms with Gasteiger partial charge in [0.2, 0.25) is 0 Å². The van der Waals surface area contributed by atoms with E-state index >= 15 is 0 Å². The van der Waals surface area contributed by atoms with Crippen LogP contribution in [0.15, 0.2) is 18.2 Å². The molecule has 184 valence electrons. The molecule has 0 amide bonds. The van der Waals surface area contributed by atoms with E-state index in [9.17, 15) is 15.0 Å². The van der Waals surface area contributed by atoms with Crippen LogP contribution in [0, 0.1) is 17.8 Å². The molecule has 0 aromatic heterocycles. The number of aliphatic hydroxyl groups is 2. The molecule has 0 bridgehead atoms. The Morgan fingerprint density at radius 1 is 1.16 bits per heavy atom. The zero-order valence-electron chi connectivity index (χ0n) is 20.3. The van der Waals surface area contributed by atoms with Crippen LogP contribution in [0.1, 0.15) is 65.5 Å². The molecule has 0 radical (unpaired) electrons. The number of carboxylic acids is 1. The number of carboxylic acid groups (broad SMARTS) is 1. The van der Waals surface area contributed by atoms with Gasteiger partial charge in [-0.15, -0.1) is 11.6 Å². The highest BCUT2D eigenvalue weighted by Crippen LogP contribution is 2.34. The molecular weight excluding hydrogens is 430 g/mol. The zero-order valence-corrected chi connectivity index (χ0v) is 21.1. The number of hydrogen-bond acceptors (Lipinski definition) is 5. The van der Waals surface area contributed by atoms with Crippen LogP contribution >= 0.6 is 11.6 Å². The van der Waals surface area contributed by atoms with Gasteiger partial charge in [0.1, 0.15) is 18.5 Å². The number of hydrogen-bond donors (Lipinski definition) is 4. The molecule has 0 fully saturated rings. The number of alkyl halides is 1. The van der Waals surface area contributed by atoms with E-state index in [2.05, 4.69) is 46.8 Å². The number of aliphatic hydroxyl groups excluding tert-OH is 2. The molecule has 0 saturated carbocycles. The Kier molecular flexibility index (Phi) is 11.5. The lowest BCUT2D eigenvalue weighted by molar-refractivity contribution is -0.142. The monoisotopic (exact) mass is 471 g/mol. The first-order valence-corrected chi connectivity index (χ1v) is 12.0. The average Bonchev–Trinajstić information content (AvgIpc) is 2.70. The zero-order chi connectivity index (χ0) is 24.6. The first-order valence-electron chi connectivity index (χ1n) is 11.4. The predicted molar refractivity (Wildman–Crippen MR) is 129 cm³/mol. The number of ether oxygens (including phenoxy) is 1. The van der Waals surface area contributed by atoms with Crippen LogP contribution in [0.5, 0.6) is 5.75 Å². The molecule has 0 aliphatic rings. The molecule has 0 aliphatic carbocycles. The summed E-state index contributed by atoms with van der Waals surface area (Å²) in [6.45, 7) is 12.3. The highest BCUT2D eigenvalue weighted by molar-refractivity contribution is 6.18. The van der Waals surface area contributed by atoms with Crippen molar-refractivity contribution in [1.82, 2.24) is 0 Å². The largest absolute Gasteiger partial charge is 0.491 e. The van der Waals surface area contributed by atoms with Crippen LogP contribution in [0.25, 0.3) is 0 Å². The number of carbonyl (C=O) groups is 1. The van der Waals surface area contributed by atoms with Crippen molar-refractivity contribution in [2.75, 3.05) is 12.5 Å². The van der Waals surface area contributed by atoms with Crippen molar-refractivity contribution in [1.29, 1.82) is 0 Å². The molecule has 5 N–H and O–H groups in total. The van der Waals surface area contributed by atoms with Crippen molar-refractivity contribution in [3.05, 3.63) is 29.3 Å². The second-order valence-corrected chi connectivity index (χ2v) is 10.7. The van der Waals surface area contributed by atoms with E-state index in [0.29, 0.717) is 12.3 Å². The molecule has 1 aromatic rings. The Balaban J connectivity index is 3.00. The van der Waals surface area contributed by atoms with Crippen LogP contribution in [-0.4, -0.2) is 52.0 Å². The number of aliphatic carboxylic acids is 1. The quantitative estimate of drug-likeness (QED) is 0.324. The molecule has 0 spiro atoms. The van der Waals surface area contributed by atoms with Gasteiger partial charge in [0.15, 0.2) is 0 Å². The van der Waals surface area contributed by atoms with E-state index in [4.69, 9.17) is 27.2 Å². The third kappa shape index (κ3) is 9.26. The van der Waals surface area contributed by atoms with Gasteiger partial charge in [0, 0.05) is 6.04 Å². The van der Waals surface area contributed by atoms with Crippen molar-refractivity contribution in [3.63, 3.8) is 0 Å². The predicted octanol–water partition coefficient (Wildman–Crippen LogP) is 3.97. The van der Waals surface area contributed by atoms with Crippen LogP contribution in [-0.2, 0) is 16.6 Å². The minimum Gasteiger partial charge on any atom is -0.491 e. The van der Waals surface area contributed by atoms with E-state index in [-0.39, 0.29) is 30.2 Å². The maximum Gasteiger partial charge on any atom is 0.306 e. The molecule has 0 saturated heterocycles. The van der Waals surface area contributed by atoms with Crippen molar-refractivity contribution >= 4 is 17.6 Å². The number of benzene rings is 1. The molecule has 0 heterocycles. The molecule has 5 atom stereocenters. The van der Waals surface area contributed by atoms with Gasteiger partial charge in [-0.1, -0.05) is 53.7 Å². The highest BCUT2D eigenvalue weighted by Gasteiger charge is 2.26. The number of nitrogens with two attached hydrogens (primary N) is 1. The summed E-state index contributed by atoms with van der Waals surface area (Å²) in [6, 6.07) is 5.69. The first kappa shape index (κ1) is 28.7. The van der Waals surface area contributed by atoms with Crippen LogP contribution < -0.4 is 10.5 Å². The van der Waals surface area contributed by atoms with E-state index in [1.54, 1.807) is 6.92 Å². The van der Waals surface area contributed by atoms with Crippen molar-refractivity contribution in [2.45, 2.75) is 84.5 Å². The maximum atomic E-state index is 11.1. The van der Waals surface area contributed by atoms with E-state index < -0.39 is 30.1 Å². The molecule has 32 heavy (non-hydrogen) atoms. The SMILES string of the molecule is CC(C[C@H](O)[C@@H](N)C[C@H](Cc1ccc(C(C)(C)C)c(OC[C@@H](O)CCl)c1)C(C)C)C(=O)O. The molecule has 1 unspecified atom stereocenters. The second kappa shape index (κ2) is 12.8. The van der Waals surface area contributed by atoms with Crippen LogP contribution in [0.3, 0.4) is 0 Å². The fraction of sp³-hybridized carbons (Fsp3) is 0.720. The smallest absolute Gasteiger partial charge is 0.306 e. The Bertz CT molecular complexity index is 719. The van der Waals surface area contributed by atoms with Crippen LogP contribution in [0.4, 0.5) is 0 Å². The summed E-state index contributed by atoms with van der Waals surface area (Å²) >= 11 is 5.71. The van der Waals surface area contributed by atoms with Crippen molar-refractivity contribution in [2.24, 2.45) is 23.5 Å². The summed E-state index contributed by atoms with van der Waals surface area (Å²) in [7, 11) is 0. The fourth-order valence-corrected chi connectivity index (χ4v) is 3.79. The lowest BCUT2D eigenvalue weighted by Crippen LogP contribution is -2.39. The lowest BCUT2D eigenvalue weighted by atomic mass is 9.81. The molecule has 1 aromatic carbocycles. The standard InChI is InChI=1S/C25H42ClNO5/c1-15(2)18(12-21(27)22(29)9-16(3)24(30)31)10-17-7-8-20(25(4,5)6)23(11-17)32-14-19(28)13-26/h7-8,11,15-16,18-19,21-22,28-29H,9-10,12-14,27H2,1-6H3,(H,30,31)/t16?,18-,19-,21-,22-/m0/s1. The Hall–Kier alpha value is -1.34. The summed E-state index contributed by atoms with van der Waals surface area (Å²) in [5, 5.41) is 29.3. The van der Waals surface area contributed by atoms with E-state index in [1.165, 1.54) is 0 Å². The van der Waals surface area contributed by atoms with Gasteiger partial charge >= 0.3 is 5.97 Å². The summed E-state index contributed by atoms with van der Waals surface area (Å²) in [4.78, 5) is 11.1. The van der Waals surface area contributed by atoms with Crippen LogP contribution in [0.2, 0.25) is 0 Å². The molecule has 7 heteroatoms. The maximum absolute atomic E-state index is 11.1. The Morgan fingerprint density at radius 2 is 1.78 bits per heavy atom. The lowest BCUT2D eigenvalue weighted by Gasteiger charge is -2.29. The second-order valence-electron chi connectivity index (χ2n) is 10.3. The minimum absolute atomic E-state index is 0.112. The van der Waals surface area contributed by atoms with Gasteiger partial charge in [0.25, 0.3) is 0 Å². The summed E-state index contributed by atoms with van der Waals surface area (Å²) < 4.78 is 5.93. The Labute approximate surface area is 198 Å². The third-order valence-corrected chi connectivity index (χ3v) is 6.35. The molecular formula is C25H42ClNO5. The van der Waals surface area contributed by atoms with Gasteiger partial charge in [-0.2, -0.15) is 0 Å². The third-order valence-electron chi connectivity index (χ3n) is 5.99. The first-order chi connectivity index (χ1) is 14.8. The highest BCUT2D eigenvalue weighted by atomic mass is 35.5. The molecule has 1 rings (SSSR count). The van der Waals surface area contributed by atoms with Gasteiger partial charge in [-0.3, -0.25) is 4.79 Å². The summed E-state index contributed by atoms with van der Waals surface area (Å²) in [5.41, 5.74) is 8.28. The van der Waals surface area contributed by atoms with E-state index in [0.717, 1.165) is 23.3 Å². The van der Waals surface area contributed by atoms with Gasteiger partial charge in [0.05, 0.1) is 17.9 Å². The van der Waals surface area contributed by atoms with Gasteiger partial charge in [-0.25, -0.2) is 0 Å². The Morgan fingerprint density at radius 3 is 2.28 bits per heavy atom. The summed E-state index contributed by atoms with van der Waals surface area (Å²) in [5.74, 6) is -0.178. The number of rotatable bonds is 13. The normalized spacial score (nSPS) is 17.0. The topological polar surface area (TPSA) is 113 Å². The summed E-state index contributed by atoms with van der Waals surface area (Å²) in [6.07, 6.45) is -0.105. The molecule has 6 nitrogen and oxygen atoms in total. The van der Waals surface area contributed by atoms with Crippen molar-refractivity contribution < 1.29 is 24.9 Å².